The predicted octanol–water partition coefficient (Wildman–Crippen LogP) is 5.44. The summed E-state index contributed by atoms with van der Waals surface area (Å²) in [6.45, 7) is 7.30. The van der Waals surface area contributed by atoms with Crippen LogP contribution in [0.3, 0.4) is 0 Å². The molecule has 0 radical (unpaired) electrons. The first-order chi connectivity index (χ1) is 18.6. The van der Waals surface area contributed by atoms with Gasteiger partial charge in [0.2, 0.25) is 0 Å². The first-order valence-electron chi connectivity index (χ1n) is 12.9. The van der Waals surface area contributed by atoms with E-state index in [0.29, 0.717) is 17.7 Å². The highest BCUT2D eigenvalue weighted by atomic mass is 19.4. The Balaban J connectivity index is 2.47. The number of allylic oxidation sites excluding steroid dienone is 4. The minimum absolute atomic E-state index is 0.0304. The van der Waals surface area contributed by atoms with E-state index in [0.717, 1.165) is 22.8 Å². The lowest BCUT2D eigenvalue weighted by atomic mass is 9.88. The second-order valence-corrected chi connectivity index (χ2v) is 9.83. The zero-order valence-corrected chi connectivity index (χ0v) is 23.6. The number of carbonyl (C=O) groups excluding carboxylic acids is 1. The van der Waals surface area contributed by atoms with Crippen molar-refractivity contribution in [1.29, 1.82) is 0 Å². The van der Waals surface area contributed by atoms with Gasteiger partial charge in [0.15, 0.2) is 0 Å². The number of aliphatic imine (C=N–C) groups is 2. The maximum Gasteiger partial charge on any atom is 0.417 e. The van der Waals surface area contributed by atoms with E-state index in [9.17, 15) is 26.7 Å². The Bertz CT molecular complexity index is 1220. The number of nitrogens with zero attached hydrogens (tertiary/aromatic N) is 4. The molecule has 0 bridgehead atoms. The van der Waals surface area contributed by atoms with Crippen LogP contribution in [0.4, 0.5) is 22.0 Å². The molecule has 7 nitrogen and oxygen atoms in total. The number of aryl methyl sites for hydroxylation is 1. The molecule has 1 fully saturated rings. The van der Waals surface area contributed by atoms with Crippen LogP contribution in [0.1, 0.15) is 51.8 Å². The van der Waals surface area contributed by atoms with Crippen LogP contribution in [0.25, 0.3) is 5.57 Å². The van der Waals surface area contributed by atoms with E-state index in [1.807, 2.05) is 13.8 Å². The van der Waals surface area contributed by atoms with E-state index in [1.165, 1.54) is 26.4 Å². The van der Waals surface area contributed by atoms with E-state index < -0.39 is 48.5 Å². The molecular weight excluding hydrogens is 531 g/mol. The number of halogens is 5. The highest BCUT2D eigenvalue weighted by molar-refractivity contribution is 6.18. The molecule has 1 saturated heterocycles. The molecule has 0 aliphatic carbocycles. The molecule has 0 aromatic carbocycles. The average Bonchev–Trinajstić information content (AvgIpc) is 2.87. The number of likely N-dealkylation sites (tertiary alicyclic amines) is 1. The zero-order chi connectivity index (χ0) is 30.3. The molecule has 2 rings (SSSR count). The topological polar surface area (TPSA) is 96.0 Å². The Morgan fingerprint density at radius 1 is 1.32 bits per heavy atom. The Morgan fingerprint density at radius 2 is 2.00 bits per heavy atom. The van der Waals surface area contributed by atoms with Crippen LogP contribution < -0.4 is 11.1 Å². The van der Waals surface area contributed by atoms with E-state index in [1.54, 1.807) is 26.0 Å². The first-order valence-corrected chi connectivity index (χ1v) is 12.9. The third-order valence-electron chi connectivity index (χ3n) is 6.69. The monoisotopic (exact) mass is 568 g/mol. The highest BCUT2D eigenvalue weighted by Crippen LogP contribution is 2.35. The molecule has 2 atom stereocenters. The molecular formula is C28H37F5N6O. The maximum atomic E-state index is 14.7. The normalized spacial score (nSPS) is 21.5. The Kier molecular flexibility index (Phi) is 11.2. The number of alkyl halides is 5. The number of hydrogen-bond donors (Lipinski definition) is 2. The standard InChI is InChI=1S/C28H37F5N6O/c1-7-18(4)25(37-13-20(8-2)28(31,32)33)38-15-23-19(5)12-27(29,30)16-39(23)26(40)24(34)21(14-35-6)22-11-17(3)9-10-36-22/h8-11,13-14,19,23,38H,7,12,15-16,34H2,1-6H3/b20-8+,24-21?,25-18+,35-14?,37-13-/t19?,23-/m1/s1. The van der Waals surface area contributed by atoms with Gasteiger partial charge in [-0.2, -0.15) is 13.2 Å². The maximum absolute atomic E-state index is 14.7. The molecule has 1 aromatic heterocycles. The van der Waals surface area contributed by atoms with Gasteiger partial charge in [0.05, 0.1) is 23.9 Å². The molecule has 1 unspecified atom stereocenters. The number of hydrogen-bond acceptors (Lipinski definition) is 6. The number of nitrogens with one attached hydrogen (secondary N) is 1. The minimum atomic E-state index is -4.58. The Labute approximate surface area is 231 Å². The van der Waals surface area contributed by atoms with Gasteiger partial charge in [-0.25, -0.2) is 13.8 Å². The van der Waals surface area contributed by atoms with E-state index >= 15 is 0 Å². The molecule has 3 N–H and O–H groups in total. The largest absolute Gasteiger partial charge is 0.417 e. The van der Waals surface area contributed by atoms with Gasteiger partial charge in [0, 0.05) is 44.2 Å². The van der Waals surface area contributed by atoms with Crippen LogP contribution in [0.15, 0.2) is 57.1 Å². The summed E-state index contributed by atoms with van der Waals surface area (Å²) in [7, 11) is 1.49. The lowest BCUT2D eigenvalue weighted by molar-refractivity contribution is -0.148. The van der Waals surface area contributed by atoms with Crippen molar-refractivity contribution in [2.24, 2.45) is 21.6 Å². The molecule has 2 heterocycles. The molecule has 220 valence electrons. The number of nitrogens with two attached hydrogens (primary N) is 1. The van der Waals surface area contributed by atoms with Crippen LogP contribution in [0.2, 0.25) is 0 Å². The van der Waals surface area contributed by atoms with Crippen LogP contribution in [0.5, 0.6) is 0 Å². The van der Waals surface area contributed by atoms with Gasteiger partial charge in [-0.1, -0.05) is 19.9 Å². The molecule has 1 aliphatic rings. The number of carbonyl (C=O) groups is 1. The van der Waals surface area contributed by atoms with E-state index in [-0.39, 0.29) is 23.6 Å². The minimum Gasteiger partial charge on any atom is -0.394 e. The number of rotatable bonds is 9. The van der Waals surface area contributed by atoms with Crippen LogP contribution in [-0.4, -0.2) is 66.5 Å². The number of piperidine rings is 1. The molecule has 40 heavy (non-hydrogen) atoms. The van der Waals surface area contributed by atoms with Crippen molar-refractivity contribution in [1.82, 2.24) is 15.2 Å². The molecule has 0 saturated carbocycles. The van der Waals surface area contributed by atoms with Crippen molar-refractivity contribution < 1.29 is 26.7 Å². The quantitative estimate of drug-likeness (QED) is 0.236. The third kappa shape index (κ3) is 8.46. The predicted molar refractivity (Wildman–Crippen MR) is 148 cm³/mol. The van der Waals surface area contributed by atoms with Crippen LogP contribution in [-0.2, 0) is 4.79 Å². The van der Waals surface area contributed by atoms with Crippen molar-refractivity contribution in [3.63, 3.8) is 0 Å². The molecule has 12 heteroatoms. The van der Waals surface area contributed by atoms with Crippen molar-refractivity contribution in [2.45, 2.75) is 65.6 Å². The van der Waals surface area contributed by atoms with Gasteiger partial charge in [-0.3, -0.25) is 14.8 Å². The molecule has 1 aromatic rings. The van der Waals surface area contributed by atoms with Gasteiger partial charge in [-0.05, 0) is 56.4 Å². The second kappa shape index (κ2) is 13.7. The fourth-order valence-corrected chi connectivity index (χ4v) is 4.36. The fourth-order valence-electron chi connectivity index (χ4n) is 4.36. The van der Waals surface area contributed by atoms with Crippen molar-refractivity contribution >= 4 is 23.9 Å². The second-order valence-electron chi connectivity index (χ2n) is 9.83. The Morgan fingerprint density at radius 3 is 2.55 bits per heavy atom. The summed E-state index contributed by atoms with van der Waals surface area (Å²) in [5.74, 6) is -4.46. The molecule has 0 spiro atoms. The van der Waals surface area contributed by atoms with Crippen molar-refractivity contribution in [3.05, 3.63) is 58.3 Å². The summed E-state index contributed by atoms with van der Waals surface area (Å²) in [5.41, 5.74) is 7.12. The zero-order valence-electron chi connectivity index (χ0n) is 23.6. The lowest BCUT2D eigenvalue weighted by Crippen LogP contribution is -2.59. The molecule has 1 aliphatic heterocycles. The summed E-state index contributed by atoms with van der Waals surface area (Å²) in [4.78, 5) is 26.9. The first kappa shape index (κ1) is 32.6. The lowest BCUT2D eigenvalue weighted by Gasteiger charge is -2.43. The highest BCUT2D eigenvalue weighted by Gasteiger charge is 2.46. The van der Waals surface area contributed by atoms with E-state index in [4.69, 9.17) is 5.73 Å². The SMILES string of the molecule is C\C=C(/C=N\C(NC[C@@H]1C(C)CC(F)(F)CN1C(=O)C(N)=C(C=NC)c1cc(C)ccn1)=C(\C)CC)C(F)(F)F. The number of amides is 1. The number of aromatic nitrogens is 1. The number of pyridine rings is 1. The van der Waals surface area contributed by atoms with E-state index in [2.05, 4.69) is 20.3 Å². The van der Waals surface area contributed by atoms with Gasteiger partial charge in [0.1, 0.15) is 11.5 Å². The van der Waals surface area contributed by atoms with Crippen molar-refractivity contribution in [3.8, 4) is 0 Å². The van der Waals surface area contributed by atoms with Crippen LogP contribution in [0, 0.1) is 12.8 Å². The van der Waals surface area contributed by atoms with Gasteiger partial charge >= 0.3 is 6.18 Å². The summed E-state index contributed by atoms with van der Waals surface area (Å²) < 4.78 is 69.0. The molecule has 1 amide bonds. The smallest absolute Gasteiger partial charge is 0.394 e. The van der Waals surface area contributed by atoms with Gasteiger partial charge in [-0.15, -0.1) is 0 Å². The summed E-state index contributed by atoms with van der Waals surface area (Å²) in [6.07, 6.45) is -0.0481. The fraction of sp³-hybridized carbons (Fsp3) is 0.500. The summed E-state index contributed by atoms with van der Waals surface area (Å²) in [6, 6.07) is 2.71. The summed E-state index contributed by atoms with van der Waals surface area (Å²) in [5, 5.41) is 3.00. The Hall–Kier alpha value is -3.57. The van der Waals surface area contributed by atoms with Gasteiger partial charge < -0.3 is 16.0 Å². The average molecular weight is 569 g/mol. The van der Waals surface area contributed by atoms with Gasteiger partial charge in [0.25, 0.3) is 11.8 Å². The van der Waals surface area contributed by atoms with Crippen molar-refractivity contribution in [2.75, 3.05) is 20.1 Å². The third-order valence-corrected chi connectivity index (χ3v) is 6.69. The van der Waals surface area contributed by atoms with Crippen LogP contribution >= 0.6 is 0 Å². The summed E-state index contributed by atoms with van der Waals surface area (Å²) >= 11 is 0.